The van der Waals surface area contributed by atoms with Gasteiger partial charge in [0.05, 0.1) is 28.8 Å². The van der Waals surface area contributed by atoms with Gasteiger partial charge in [0.25, 0.3) is 5.91 Å². The maximum atomic E-state index is 14.4. The van der Waals surface area contributed by atoms with E-state index < -0.39 is 17.1 Å². The van der Waals surface area contributed by atoms with E-state index in [9.17, 15) is 24.5 Å². The van der Waals surface area contributed by atoms with Crippen LogP contribution in [0.3, 0.4) is 0 Å². The molecule has 0 radical (unpaired) electrons. The Morgan fingerprint density at radius 2 is 1.84 bits per heavy atom. The van der Waals surface area contributed by atoms with Crippen molar-refractivity contribution < 1.29 is 24.0 Å². The Hall–Kier alpha value is -3.78. The molecule has 0 saturated carbocycles. The maximum absolute atomic E-state index is 14.4. The normalized spacial score (nSPS) is 15.0. The quantitative estimate of drug-likeness (QED) is 0.130. The number of likely N-dealkylation sites (tertiary alicyclic amines) is 1. The van der Waals surface area contributed by atoms with Crippen LogP contribution in [-0.2, 0) is 16.0 Å². The fourth-order valence-electron chi connectivity index (χ4n) is 6.85. The van der Waals surface area contributed by atoms with Gasteiger partial charge in [0.15, 0.2) is 4.90 Å². The summed E-state index contributed by atoms with van der Waals surface area (Å²) >= 11 is 11.7. The number of benzene rings is 4. The molecule has 1 amide bonds. The molecule has 8 nitrogen and oxygen atoms in total. The van der Waals surface area contributed by atoms with Gasteiger partial charge in [-0.1, -0.05) is 59.6 Å². The van der Waals surface area contributed by atoms with E-state index in [1.54, 1.807) is 36.5 Å². The lowest BCUT2D eigenvalue weighted by molar-refractivity contribution is -0.137. The minimum atomic E-state index is -1.13. The highest BCUT2D eigenvalue weighted by Crippen LogP contribution is 2.36. The second-order valence-corrected chi connectivity index (χ2v) is 14.9. The first-order valence-corrected chi connectivity index (χ1v) is 19.0. The summed E-state index contributed by atoms with van der Waals surface area (Å²) in [7, 11) is 1.61. The third-order valence-corrected chi connectivity index (χ3v) is 11.2. The molecule has 0 aliphatic carbocycles. The molecule has 11 heteroatoms. The highest BCUT2D eigenvalue weighted by molar-refractivity contribution is 7.90. The summed E-state index contributed by atoms with van der Waals surface area (Å²) in [4.78, 5) is 30.8. The van der Waals surface area contributed by atoms with Gasteiger partial charge in [-0.05, 0) is 109 Å². The fourth-order valence-corrected chi connectivity index (χ4v) is 8.00. The molecule has 1 aliphatic heterocycles. The Labute approximate surface area is 306 Å². The minimum absolute atomic E-state index is 0.0727. The van der Waals surface area contributed by atoms with Crippen LogP contribution in [0, 0.1) is 11.3 Å². The standard InChI is InChI=1S/C39H41Cl2N3O5S/c1-49-31-10-11-33(37(23-31)50(2)48)27-13-17-43(18-14-27)19-15-30(28-9-12-35(40)36(41)22-28)25-44(16-5-8-38(45)46)39(47)34-21-26(24-42)20-29-6-3-4-7-32(29)34/h3-4,6-7,9-12,20-23,27,30H,5,8,13-19,25H2,1-2H3,(H,45,46). The second kappa shape index (κ2) is 17.4. The molecule has 2 atom stereocenters. The van der Waals surface area contributed by atoms with E-state index in [0.29, 0.717) is 39.4 Å². The molecule has 1 fully saturated rings. The van der Waals surface area contributed by atoms with Crippen molar-refractivity contribution in [2.45, 2.75) is 48.8 Å². The number of fused-ring (bicyclic) bond motifs is 1. The van der Waals surface area contributed by atoms with Crippen molar-refractivity contribution in [3.63, 3.8) is 0 Å². The van der Waals surface area contributed by atoms with Crippen molar-refractivity contribution in [3.8, 4) is 11.8 Å². The van der Waals surface area contributed by atoms with E-state index in [0.717, 1.165) is 65.7 Å². The molecule has 50 heavy (non-hydrogen) atoms. The van der Waals surface area contributed by atoms with Crippen LogP contribution in [0.5, 0.6) is 5.75 Å². The van der Waals surface area contributed by atoms with Crippen LogP contribution in [0.2, 0.25) is 10.0 Å². The van der Waals surface area contributed by atoms with Crippen LogP contribution < -0.4 is 4.74 Å². The Morgan fingerprint density at radius 3 is 2.52 bits per heavy atom. The fraction of sp³-hybridized carbons (Fsp3) is 0.359. The molecule has 4 aromatic carbocycles. The smallest absolute Gasteiger partial charge is 0.303 e. The lowest BCUT2D eigenvalue weighted by Crippen LogP contribution is -2.38. The molecular weight excluding hydrogens is 693 g/mol. The number of carboxylic acids is 1. The number of nitriles is 1. The number of hydrogen-bond acceptors (Lipinski definition) is 6. The van der Waals surface area contributed by atoms with E-state index in [1.807, 2.05) is 54.6 Å². The zero-order valence-electron chi connectivity index (χ0n) is 28.2. The topological polar surface area (TPSA) is 117 Å². The van der Waals surface area contributed by atoms with Crippen LogP contribution in [0.25, 0.3) is 10.8 Å². The highest BCUT2D eigenvalue weighted by atomic mass is 35.5. The van der Waals surface area contributed by atoms with Gasteiger partial charge < -0.3 is 24.2 Å². The SMILES string of the molecule is COc1ccc(C2CCN(CCC(CN(CCCC(=O)O)C(=O)c3cc(C#N)cc4ccccc34)c3ccc(Cl)c(Cl)c3)CC2)c([S+](C)[O-])c1. The van der Waals surface area contributed by atoms with Crippen LogP contribution in [0.4, 0.5) is 0 Å². The number of aliphatic carboxylic acids is 1. The Kier molecular flexibility index (Phi) is 13.1. The third kappa shape index (κ3) is 9.30. The number of piperidine rings is 1. The van der Waals surface area contributed by atoms with E-state index in [2.05, 4.69) is 11.0 Å². The van der Waals surface area contributed by atoms with Crippen LogP contribution in [-0.4, -0.2) is 77.4 Å². The third-order valence-electron chi connectivity index (χ3n) is 9.53. The van der Waals surface area contributed by atoms with Gasteiger partial charge in [0.2, 0.25) is 0 Å². The first-order chi connectivity index (χ1) is 24.1. The van der Waals surface area contributed by atoms with Crippen molar-refractivity contribution in [2.75, 3.05) is 46.1 Å². The summed E-state index contributed by atoms with van der Waals surface area (Å²) in [6.45, 7) is 3.08. The van der Waals surface area contributed by atoms with E-state index in [-0.39, 0.29) is 31.2 Å². The van der Waals surface area contributed by atoms with E-state index in [4.69, 9.17) is 27.9 Å². The summed E-state index contributed by atoms with van der Waals surface area (Å²) in [5.41, 5.74) is 2.85. The van der Waals surface area contributed by atoms with Gasteiger partial charge in [-0.25, -0.2) is 0 Å². The lowest BCUT2D eigenvalue weighted by atomic mass is 9.88. The molecule has 1 saturated heterocycles. The summed E-state index contributed by atoms with van der Waals surface area (Å²) < 4.78 is 18.0. The largest absolute Gasteiger partial charge is 0.612 e. The van der Waals surface area contributed by atoms with Crippen LogP contribution >= 0.6 is 23.2 Å². The molecule has 0 aromatic heterocycles. The number of carbonyl (C=O) groups is 2. The zero-order chi connectivity index (χ0) is 35.8. The molecule has 1 aliphatic rings. The Balaban J connectivity index is 1.37. The van der Waals surface area contributed by atoms with Gasteiger partial charge in [0, 0.05) is 42.6 Å². The number of carboxylic acid groups (broad SMARTS) is 1. The first-order valence-electron chi connectivity index (χ1n) is 16.7. The van der Waals surface area contributed by atoms with Crippen molar-refractivity contribution in [1.29, 1.82) is 5.26 Å². The van der Waals surface area contributed by atoms with E-state index in [1.165, 1.54) is 0 Å². The number of halogens is 2. The zero-order valence-corrected chi connectivity index (χ0v) is 30.6. The predicted octanol–water partition coefficient (Wildman–Crippen LogP) is 8.12. The molecule has 1 heterocycles. The second-order valence-electron chi connectivity index (χ2n) is 12.7. The lowest BCUT2D eigenvalue weighted by Gasteiger charge is -2.34. The average Bonchev–Trinajstić information content (AvgIpc) is 3.12. The van der Waals surface area contributed by atoms with Gasteiger partial charge in [-0.15, -0.1) is 0 Å². The molecular formula is C39H41Cl2N3O5S. The van der Waals surface area contributed by atoms with Crippen molar-refractivity contribution in [2.24, 2.45) is 0 Å². The number of nitrogens with zero attached hydrogens (tertiary/aromatic N) is 3. The predicted molar refractivity (Wildman–Crippen MR) is 199 cm³/mol. The van der Waals surface area contributed by atoms with Gasteiger partial charge >= 0.3 is 5.97 Å². The van der Waals surface area contributed by atoms with Gasteiger partial charge in [-0.3, -0.25) is 9.59 Å². The summed E-state index contributed by atoms with van der Waals surface area (Å²) in [6, 6.07) is 24.4. The van der Waals surface area contributed by atoms with Crippen molar-refractivity contribution in [1.82, 2.24) is 9.80 Å². The maximum Gasteiger partial charge on any atom is 0.303 e. The minimum Gasteiger partial charge on any atom is -0.612 e. The molecule has 4 aromatic rings. The van der Waals surface area contributed by atoms with Gasteiger partial charge in [-0.2, -0.15) is 5.26 Å². The number of hydrogen-bond donors (Lipinski definition) is 1. The number of amides is 1. The van der Waals surface area contributed by atoms with Crippen LogP contribution in [0.15, 0.2) is 77.7 Å². The van der Waals surface area contributed by atoms with Crippen LogP contribution in [0.1, 0.15) is 71.0 Å². The molecule has 2 unspecified atom stereocenters. The summed E-state index contributed by atoms with van der Waals surface area (Å²) in [5, 5.41) is 21.5. The monoisotopic (exact) mass is 733 g/mol. The molecule has 0 bridgehead atoms. The Morgan fingerprint density at radius 1 is 1.08 bits per heavy atom. The Bertz CT molecular complexity index is 1870. The number of ether oxygens (including phenoxy) is 1. The number of rotatable bonds is 14. The molecule has 262 valence electrons. The summed E-state index contributed by atoms with van der Waals surface area (Å²) in [6.07, 6.45) is 4.49. The summed E-state index contributed by atoms with van der Waals surface area (Å²) in [5.74, 6) is -0.310. The molecule has 5 rings (SSSR count). The van der Waals surface area contributed by atoms with Crippen molar-refractivity contribution >= 4 is 57.0 Å². The van der Waals surface area contributed by atoms with Gasteiger partial charge in [0.1, 0.15) is 12.0 Å². The average molecular weight is 735 g/mol. The molecule has 0 spiro atoms. The van der Waals surface area contributed by atoms with E-state index >= 15 is 0 Å². The molecule has 1 N–H and O–H groups in total. The first kappa shape index (κ1) is 37.5. The van der Waals surface area contributed by atoms with Crippen molar-refractivity contribution in [3.05, 3.63) is 105 Å². The number of carbonyl (C=O) groups excluding carboxylic acids is 1. The highest BCUT2D eigenvalue weighted by Gasteiger charge is 2.28. The number of methoxy groups -OCH3 is 1.